The van der Waals surface area contributed by atoms with Gasteiger partial charge in [-0.05, 0) is 30.2 Å². The van der Waals surface area contributed by atoms with Crippen molar-refractivity contribution in [3.05, 3.63) is 51.9 Å². The molecule has 0 fully saturated rings. The first-order valence-corrected chi connectivity index (χ1v) is 11.0. The standard InChI is InChI=1S/C20H21Cl2N5O2S/c1-12(2)9-27-19(29)17(6-13-8-23-26(3)10-13)25-20(27)30-11-18(28)24-16-5-4-14(21)7-15(16)22/h4-8,10,12H,9,11H2,1-3H3,(H,24,28). The number of benzene rings is 1. The van der Waals surface area contributed by atoms with E-state index >= 15 is 0 Å². The number of aliphatic imine (C=N–C) groups is 1. The second-order valence-corrected chi connectivity index (χ2v) is 8.93. The van der Waals surface area contributed by atoms with E-state index in [9.17, 15) is 9.59 Å². The van der Waals surface area contributed by atoms with Gasteiger partial charge in [-0.15, -0.1) is 0 Å². The summed E-state index contributed by atoms with van der Waals surface area (Å²) in [5.41, 5.74) is 1.59. The van der Waals surface area contributed by atoms with Crippen molar-refractivity contribution in [2.45, 2.75) is 13.8 Å². The number of halogens is 2. The summed E-state index contributed by atoms with van der Waals surface area (Å²) in [4.78, 5) is 31.3. The molecule has 0 aliphatic carbocycles. The lowest BCUT2D eigenvalue weighted by atomic mass is 10.2. The lowest BCUT2D eigenvalue weighted by Crippen LogP contribution is -2.34. The predicted molar refractivity (Wildman–Crippen MR) is 123 cm³/mol. The second kappa shape index (κ2) is 9.68. The Morgan fingerprint density at radius 3 is 2.73 bits per heavy atom. The van der Waals surface area contributed by atoms with Gasteiger partial charge in [-0.3, -0.25) is 19.2 Å². The van der Waals surface area contributed by atoms with Gasteiger partial charge in [0.05, 0.1) is 22.7 Å². The quantitative estimate of drug-likeness (QED) is 0.645. The number of thioether (sulfide) groups is 1. The number of rotatable bonds is 6. The molecule has 1 aromatic heterocycles. The van der Waals surface area contributed by atoms with Crippen LogP contribution in [-0.2, 0) is 16.6 Å². The Bertz CT molecular complexity index is 1030. The maximum Gasteiger partial charge on any atom is 0.278 e. The van der Waals surface area contributed by atoms with Gasteiger partial charge in [0.2, 0.25) is 5.91 Å². The Balaban J connectivity index is 1.72. The Morgan fingerprint density at radius 1 is 1.33 bits per heavy atom. The molecule has 1 N–H and O–H groups in total. The number of nitrogens with one attached hydrogen (secondary N) is 1. The molecule has 10 heteroatoms. The molecule has 2 amide bonds. The molecule has 1 aliphatic rings. The number of nitrogens with zero attached hydrogens (tertiary/aromatic N) is 4. The smallest absolute Gasteiger partial charge is 0.278 e. The van der Waals surface area contributed by atoms with Gasteiger partial charge in [0.15, 0.2) is 5.17 Å². The minimum absolute atomic E-state index is 0.0832. The summed E-state index contributed by atoms with van der Waals surface area (Å²) in [6, 6.07) is 4.85. The topological polar surface area (TPSA) is 79.6 Å². The average Bonchev–Trinajstić information content (AvgIpc) is 3.20. The van der Waals surface area contributed by atoms with Crippen LogP contribution in [0.25, 0.3) is 6.08 Å². The molecule has 2 heterocycles. The number of anilines is 1. The number of amides is 2. The highest BCUT2D eigenvalue weighted by Gasteiger charge is 2.31. The monoisotopic (exact) mass is 465 g/mol. The summed E-state index contributed by atoms with van der Waals surface area (Å²) in [6.07, 6.45) is 5.16. The van der Waals surface area contributed by atoms with Crippen molar-refractivity contribution in [2.75, 3.05) is 17.6 Å². The van der Waals surface area contributed by atoms with Gasteiger partial charge >= 0.3 is 0 Å². The van der Waals surface area contributed by atoms with E-state index in [0.717, 1.165) is 5.56 Å². The number of hydrogen-bond donors (Lipinski definition) is 1. The molecule has 7 nitrogen and oxygen atoms in total. The molecular weight excluding hydrogens is 445 g/mol. The summed E-state index contributed by atoms with van der Waals surface area (Å²) in [7, 11) is 1.81. The molecule has 0 saturated heterocycles. The van der Waals surface area contributed by atoms with E-state index in [1.165, 1.54) is 11.8 Å². The number of carbonyl (C=O) groups excluding carboxylic acids is 2. The molecule has 30 heavy (non-hydrogen) atoms. The van der Waals surface area contributed by atoms with Crippen molar-refractivity contribution in [3.63, 3.8) is 0 Å². The number of aryl methyl sites for hydroxylation is 1. The van der Waals surface area contributed by atoms with Gasteiger partial charge in [0, 0.05) is 30.4 Å². The SMILES string of the molecule is CC(C)CN1C(=O)C(=Cc2cnn(C)c2)N=C1SCC(=O)Nc1ccc(Cl)cc1Cl. The summed E-state index contributed by atoms with van der Waals surface area (Å²) in [5.74, 6) is -0.108. The molecule has 0 bridgehead atoms. The third kappa shape index (κ3) is 5.65. The third-order valence-electron chi connectivity index (χ3n) is 4.02. The first-order chi connectivity index (χ1) is 14.2. The highest BCUT2D eigenvalue weighted by Crippen LogP contribution is 2.27. The largest absolute Gasteiger partial charge is 0.324 e. The first-order valence-electron chi connectivity index (χ1n) is 9.21. The van der Waals surface area contributed by atoms with Gasteiger partial charge in [-0.25, -0.2) is 4.99 Å². The molecule has 0 unspecified atom stereocenters. The van der Waals surface area contributed by atoms with Crippen molar-refractivity contribution in [1.82, 2.24) is 14.7 Å². The van der Waals surface area contributed by atoms with Crippen molar-refractivity contribution in [3.8, 4) is 0 Å². The highest BCUT2D eigenvalue weighted by molar-refractivity contribution is 8.14. The second-order valence-electron chi connectivity index (χ2n) is 7.14. The molecule has 3 rings (SSSR count). The van der Waals surface area contributed by atoms with Crippen LogP contribution >= 0.6 is 35.0 Å². The summed E-state index contributed by atoms with van der Waals surface area (Å²) in [6.45, 7) is 4.56. The van der Waals surface area contributed by atoms with Crippen LogP contribution < -0.4 is 5.32 Å². The minimum Gasteiger partial charge on any atom is -0.324 e. The number of amidine groups is 1. The Labute approximate surface area is 189 Å². The maximum absolute atomic E-state index is 12.8. The van der Waals surface area contributed by atoms with E-state index in [-0.39, 0.29) is 23.5 Å². The molecule has 0 atom stereocenters. The predicted octanol–water partition coefficient (Wildman–Crippen LogP) is 4.29. The van der Waals surface area contributed by atoms with Gasteiger partial charge in [-0.2, -0.15) is 5.10 Å². The zero-order valence-corrected chi connectivity index (χ0v) is 19.1. The van der Waals surface area contributed by atoms with Crippen molar-refractivity contribution in [2.24, 2.45) is 18.0 Å². The van der Waals surface area contributed by atoms with Crippen LogP contribution in [-0.4, -0.2) is 44.0 Å². The zero-order valence-electron chi connectivity index (χ0n) is 16.7. The Kier molecular flexibility index (Phi) is 7.23. The van der Waals surface area contributed by atoms with Crippen LogP contribution in [0.5, 0.6) is 0 Å². The van der Waals surface area contributed by atoms with Crippen LogP contribution in [0, 0.1) is 5.92 Å². The number of hydrogen-bond acceptors (Lipinski definition) is 5. The summed E-state index contributed by atoms with van der Waals surface area (Å²) < 4.78 is 1.66. The van der Waals surface area contributed by atoms with Gasteiger partial charge in [0.1, 0.15) is 5.70 Å². The number of aromatic nitrogens is 2. The maximum atomic E-state index is 12.8. The normalized spacial score (nSPS) is 15.3. The van der Waals surface area contributed by atoms with Gasteiger partial charge in [0.25, 0.3) is 5.91 Å². The van der Waals surface area contributed by atoms with Gasteiger partial charge in [-0.1, -0.05) is 48.8 Å². The minimum atomic E-state index is -0.256. The van der Waals surface area contributed by atoms with E-state index in [4.69, 9.17) is 23.2 Å². The number of carbonyl (C=O) groups is 2. The molecule has 1 aliphatic heterocycles. The van der Waals surface area contributed by atoms with Crippen LogP contribution in [0.15, 0.2) is 41.3 Å². The Morgan fingerprint density at radius 2 is 2.10 bits per heavy atom. The van der Waals surface area contributed by atoms with Crippen LogP contribution in [0.2, 0.25) is 10.0 Å². The van der Waals surface area contributed by atoms with Crippen molar-refractivity contribution < 1.29 is 9.59 Å². The van der Waals surface area contributed by atoms with Crippen LogP contribution in [0.4, 0.5) is 5.69 Å². The third-order valence-corrected chi connectivity index (χ3v) is 5.55. The first kappa shape index (κ1) is 22.4. The fraction of sp³-hybridized carbons (Fsp3) is 0.300. The van der Waals surface area contributed by atoms with Crippen LogP contribution in [0.3, 0.4) is 0 Å². The fourth-order valence-electron chi connectivity index (χ4n) is 2.75. The molecular formula is C20H21Cl2N5O2S. The lowest BCUT2D eigenvalue weighted by molar-refractivity contribution is -0.122. The van der Waals surface area contributed by atoms with Crippen LogP contribution in [0.1, 0.15) is 19.4 Å². The lowest BCUT2D eigenvalue weighted by Gasteiger charge is -2.19. The average molecular weight is 466 g/mol. The zero-order chi connectivity index (χ0) is 21.8. The molecule has 0 radical (unpaired) electrons. The summed E-state index contributed by atoms with van der Waals surface area (Å²) >= 11 is 13.2. The van der Waals surface area contributed by atoms with E-state index in [0.29, 0.717) is 33.1 Å². The fourth-order valence-corrected chi connectivity index (χ4v) is 4.01. The van der Waals surface area contributed by atoms with Crippen molar-refractivity contribution in [1.29, 1.82) is 0 Å². The Hall–Kier alpha value is -2.29. The van der Waals surface area contributed by atoms with E-state index in [1.807, 2.05) is 13.8 Å². The summed E-state index contributed by atoms with van der Waals surface area (Å²) in [5, 5.41) is 8.20. The van der Waals surface area contributed by atoms with E-state index in [2.05, 4.69) is 15.4 Å². The molecule has 1 aromatic carbocycles. The molecule has 2 aromatic rings. The molecule has 0 saturated carbocycles. The van der Waals surface area contributed by atoms with Gasteiger partial charge < -0.3 is 5.32 Å². The molecule has 158 valence electrons. The highest BCUT2D eigenvalue weighted by atomic mass is 35.5. The molecule has 0 spiro atoms. The van der Waals surface area contributed by atoms with Crippen molar-refractivity contribution >= 4 is 63.7 Å². The van der Waals surface area contributed by atoms with E-state index < -0.39 is 0 Å². The van der Waals surface area contributed by atoms with E-state index in [1.54, 1.807) is 53.3 Å².